The van der Waals surface area contributed by atoms with Gasteiger partial charge in [0.1, 0.15) is 0 Å². The molecule has 0 aromatic heterocycles. The van der Waals surface area contributed by atoms with E-state index in [1.54, 1.807) is 20.8 Å². The van der Waals surface area contributed by atoms with Gasteiger partial charge in [0, 0.05) is 16.8 Å². The van der Waals surface area contributed by atoms with Gasteiger partial charge in [-0.2, -0.15) is 0 Å². The maximum absolute atomic E-state index is 13.2. The molecular weight excluding hydrogens is 350 g/mol. The lowest BCUT2D eigenvalue weighted by Gasteiger charge is -2.17. The molecule has 5 nitrogen and oxygen atoms in total. The molecule has 0 aliphatic heterocycles. The molecule has 0 radical (unpaired) electrons. The number of amides is 1. The van der Waals surface area contributed by atoms with Gasteiger partial charge in [-0.1, -0.05) is 20.8 Å². The Bertz CT molecular complexity index is 889. The standard InChI is InChI=1S/C17H18F2N2O3S/c1-17(2,3)16(22)20-11-4-6-12(7-5-11)21-25(23,24)13-8-9-14(18)15(19)10-13/h4-10,21H,1-3H3,(H,20,22). The first kappa shape index (κ1) is 18.9. The van der Waals surface area contributed by atoms with Crippen LogP contribution in [0.1, 0.15) is 20.8 Å². The molecule has 0 bridgehead atoms. The van der Waals surface area contributed by atoms with Crippen LogP contribution in [-0.2, 0) is 14.8 Å². The maximum atomic E-state index is 13.2. The molecule has 8 heteroatoms. The van der Waals surface area contributed by atoms with E-state index in [0.717, 1.165) is 12.1 Å². The second-order valence-corrected chi connectivity index (χ2v) is 8.15. The Morgan fingerprint density at radius 1 is 0.920 bits per heavy atom. The molecule has 0 spiro atoms. The van der Waals surface area contributed by atoms with Crippen molar-refractivity contribution in [2.24, 2.45) is 5.41 Å². The summed E-state index contributed by atoms with van der Waals surface area (Å²) in [6, 6.07) is 8.30. The number of halogens is 2. The summed E-state index contributed by atoms with van der Waals surface area (Å²) in [5, 5.41) is 2.71. The predicted octanol–water partition coefficient (Wildman–Crippen LogP) is 3.75. The summed E-state index contributed by atoms with van der Waals surface area (Å²) < 4.78 is 52.8. The fourth-order valence-corrected chi connectivity index (χ4v) is 2.87. The van der Waals surface area contributed by atoms with E-state index in [1.807, 2.05) is 0 Å². The fourth-order valence-electron chi connectivity index (χ4n) is 1.80. The third-order valence-corrected chi connectivity index (χ3v) is 4.66. The smallest absolute Gasteiger partial charge is 0.261 e. The number of rotatable bonds is 4. The molecule has 134 valence electrons. The van der Waals surface area contributed by atoms with Crippen molar-refractivity contribution in [1.29, 1.82) is 0 Å². The maximum Gasteiger partial charge on any atom is 0.261 e. The second kappa shape index (κ2) is 6.79. The molecule has 1 amide bonds. The summed E-state index contributed by atoms with van der Waals surface area (Å²) in [5.74, 6) is -2.55. The molecule has 0 saturated carbocycles. The Labute approximate surface area is 145 Å². The number of hydrogen-bond donors (Lipinski definition) is 2. The van der Waals surface area contributed by atoms with Gasteiger partial charge in [0.05, 0.1) is 4.90 Å². The molecule has 0 fully saturated rings. The number of benzene rings is 2. The topological polar surface area (TPSA) is 75.3 Å². The number of nitrogens with one attached hydrogen (secondary N) is 2. The van der Waals surface area contributed by atoms with Crippen molar-refractivity contribution in [2.45, 2.75) is 25.7 Å². The van der Waals surface area contributed by atoms with Crippen LogP contribution < -0.4 is 10.0 Å². The minimum Gasteiger partial charge on any atom is -0.326 e. The molecule has 0 unspecified atom stereocenters. The Balaban J connectivity index is 2.15. The number of anilines is 2. The van der Waals surface area contributed by atoms with E-state index in [1.165, 1.54) is 24.3 Å². The summed E-state index contributed by atoms with van der Waals surface area (Å²) in [5.41, 5.74) is 0.168. The third-order valence-electron chi connectivity index (χ3n) is 3.28. The van der Waals surface area contributed by atoms with Crippen LogP contribution in [0.5, 0.6) is 0 Å². The second-order valence-electron chi connectivity index (χ2n) is 6.46. The normalized spacial score (nSPS) is 11.9. The highest BCUT2D eigenvalue weighted by atomic mass is 32.2. The van der Waals surface area contributed by atoms with Gasteiger partial charge in [-0.3, -0.25) is 9.52 Å². The Morgan fingerprint density at radius 2 is 1.48 bits per heavy atom. The average Bonchev–Trinajstić information content (AvgIpc) is 2.50. The zero-order valence-corrected chi connectivity index (χ0v) is 14.7. The molecule has 2 rings (SSSR count). The molecule has 2 aromatic carbocycles. The van der Waals surface area contributed by atoms with Crippen LogP contribution in [0.3, 0.4) is 0 Å². The number of hydrogen-bond acceptors (Lipinski definition) is 3. The molecule has 0 aliphatic carbocycles. The summed E-state index contributed by atoms with van der Waals surface area (Å²) in [6.07, 6.45) is 0. The lowest BCUT2D eigenvalue weighted by Crippen LogP contribution is -2.27. The Kier molecular flexibility index (Phi) is 5.12. The van der Waals surface area contributed by atoms with Gasteiger partial charge in [0.15, 0.2) is 11.6 Å². The predicted molar refractivity (Wildman–Crippen MR) is 91.7 cm³/mol. The zero-order valence-electron chi connectivity index (χ0n) is 13.9. The monoisotopic (exact) mass is 368 g/mol. The number of sulfonamides is 1. The highest BCUT2D eigenvalue weighted by Crippen LogP contribution is 2.21. The molecule has 25 heavy (non-hydrogen) atoms. The van der Waals surface area contributed by atoms with Gasteiger partial charge in [0.2, 0.25) is 5.91 Å². The number of carbonyl (C=O) groups excluding carboxylic acids is 1. The largest absolute Gasteiger partial charge is 0.326 e. The van der Waals surface area contributed by atoms with Crippen LogP contribution in [0.2, 0.25) is 0 Å². The molecule has 0 saturated heterocycles. The summed E-state index contributed by atoms with van der Waals surface area (Å²) in [4.78, 5) is 11.5. The SMILES string of the molecule is CC(C)(C)C(=O)Nc1ccc(NS(=O)(=O)c2ccc(F)c(F)c2)cc1. The Hall–Kier alpha value is -2.48. The molecular formula is C17H18F2N2O3S. The van der Waals surface area contributed by atoms with Crippen molar-refractivity contribution in [1.82, 2.24) is 0 Å². The molecule has 2 N–H and O–H groups in total. The summed E-state index contributed by atoms with van der Waals surface area (Å²) in [7, 11) is -4.06. The minimum atomic E-state index is -4.06. The lowest BCUT2D eigenvalue weighted by molar-refractivity contribution is -0.123. The van der Waals surface area contributed by atoms with Crippen LogP contribution >= 0.6 is 0 Å². The fraction of sp³-hybridized carbons (Fsp3) is 0.235. The van der Waals surface area contributed by atoms with Gasteiger partial charge in [-0.25, -0.2) is 17.2 Å². The van der Waals surface area contributed by atoms with Crippen LogP contribution in [-0.4, -0.2) is 14.3 Å². The summed E-state index contributed by atoms with van der Waals surface area (Å²) in [6.45, 7) is 5.31. The van der Waals surface area contributed by atoms with Crippen molar-refractivity contribution in [3.05, 3.63) is 54.1 Å². The van der Waals surface area contributed by atoms with Gasteiger partial charge in [-0.05, 0) is 42.5 Å². The van der Waals surface area contributed by atoms with Crippen molar-refractivity contribution in [2.75, 3.05) is 10.0 Å². The zero-order chi connectivity index (χ0) is 18.8. The number of carbonyl (C=O) groups is 1. The molecule has 0 heterocycles. The molecule has 0 atom stereocenters. The van der Waals surface area contributed by atoms with Gasteiger partial charge in [-0.15, -0.1) is 0 Å². The molecule has 0 aliphatic rings. The average molecular weight is 368 g/mol. The van der Waals surface area contributed by atoms with E-state index >= 15 is 0 Å². The van der Waals surface area contributed by atoms with Crippen molar-refractivity contribution in [3.63, 3.8) is 0 Å². The summed E-state index contributed by atoms with van der Waals surface area (Å²) >= 11 is 0. The van der Waals surface area contributed by atoms with Crippen LogP contribution in [0.4, 0.5) is 20.2 Å². The van der Waals surface area contributed by atoms with E-state index in [0.29, 0.717) is 11.8 Å². The van der Waals surface area contributed by atoms with Crippen molar-refractivity contribution >= 4 is 27.3 Å². The van der Waals surface area contributed by atoms with Crippen LogP contribution in [0, 0.1) is 17.0 Å². The van der Waals surface area contributed by atoms with Crippen LogP contribution in [0.15, 0.2) is 47.4 Å². The lowest BCUT2D eigenvalue weighted by atomic mass is 9.95. The first-order chi connectivity index (χ1) is 11.5. The van der Waals surface area contributed by atoms with E-state index in [-0.39, 0.29) is 11.6 Å². The van der Waals surface area contributed by atoms with Gasteiger partial charge >= 0.3 is 0 Å². The highest BCUT2D eigenvalue weighted by Gasteiger charge is 2.21. The first-order valence-electron chi connectivity index (χ1n) is 7.38. The van der Waals surface area contributed by atoms with E-state index in [2.05, 4.69) is 10.0 Å². The Morgan fingerprint density at radius 3 is 2.00 bits per heavy atom. The van der Waals surface area contributed by atoms with E-state index in [4.69, 9.17) is 0 Å². The first-order valence-corrected chi connectivity index (χ1v) is 8.87. The van der Waals surface area contributed by atoms with Crippen molar-refractivity contribution < 1.29 is 22.0 Å². The van der Waals surface area contributed by atoms with E-state index < -0.39 is 32.0 Å². The molecule has 2 aromatic rings. The quantitative estimate of drug-likeness (QED) is 0.863. The minimum absolute atomic E-state index is 0.178. The van der Waals surface area contributed by atoms with Gasteiger partial charge < -0.3 is 5.32 Å². The van der Waals surface area contributed by atoms with E-state index in [9.17, 15) is 22.0 Å². The van der Waals surface area contributed by atoms with Crippen molar-refractivity contribution in [3.8, 4) is 0 Å². The third kappa shape index (κ3) is 4.76. The highest BCUT2D eigenvalue weighted by molar-refractivity contribution is 7.92. The van der Waals surface area contributed by atoms with Gasteiger partial charge in [0.25, 0.3) is 10.0 Å². The van der Waals surface area contributed by atoms with Crippen LogP contribution in [0.25, 0.3) is 0 Å².